The molecular weight excluding hydrogens is 328 g/mol. The quantitative estimate of drug-likeness (QED) is 0.528. The van der Waals surface area contributed by atoms with E-state index >= 15 is 0 Å². The maximum absolute atomic E-state index is 11.8. The van der Waals surface area contributed by atoms with Gasteiger partial charge in [0, 0.05) is 32.4 Å². The number of carboxylic acid groups (broad SMARTS) is 1. The van der Waals surface area contributed by atoms with Gasteiger partial charge in [-0.1, -0.05) is 0 Å². The summed E-state index contributed by atoms with van der Waals surface area (Å²) in [5.74, 6) is 0.0451. The monoisotopic (exact) mass is 346 g/mol. The van der Waals surface area contributed by atoms with Gasteiger partial charge in [-0.05, 0) is 25.0 Å². The first kappa shape index (κ1) is 16.7. The summed E-state index contributed by atoms with van der Waals surface area (Å²) in [6, 6.07) is 1.11. The van der Waals surface area contributed by atoms with Crippen molar-refractivity contribution in [3.63, 3.8) is 0 Å². The highest BCUT2D eigenvalue weighted by molar-refractivity contribution is 6.13. The lowest BCUT2D eigenvalue weighted by Gasteiger charge is -2.31. The van der Waals surface area contributed by atoms with Crippen molar-refractivity contribution in [2.24, 2.45) is 0 Å². The second kappa shape index (κ2) is 6.75. The predicted molar refractivity (Wildman–Crippen MR) is 87.7 cm³/mol. The number of hydrogen-bond acceptors (Lipinski definition) is 6. The fourth-order valence-electron chi connectivity index (χ4n) is 2.80. The highest BCUT2D eigenvalue weighted by atomic mass is 16.4. The molecule has 2 aliphatic heterocycles. The molecule has 4 amide bonds. The molecule has 1 aromatic rings. The predicted octanol–water partition coefficient (Wildman–Crippen LogP) is 0.235. The Morgan fingerprint density at radius 1 is 1.40 bits per heavy atom. The van der Waals surface area contributed by atoms with E-state index in [1.165, 1.54) is 18.0 Å². The molecular formula is C15H18N6O4. The van der Waals surface area contributed by atoms with E-state index in [1.54, 1.807) is 12.3 Å². The lowest BCUT2D eigenvalue weighted by molar-refractivity contribution is -0.115. The van der Waals surface area contributed by atoms with Crippen LogP contribution in [0.2, 0.25) is 0 Å². The number of imide groups is 1. The number of carbonyl (C=O) groups excluding carboxylic acids is 2. The topological polar surface area (TPSA) is 128 Å². The van der Waals surface area contributed by atoms with Gasteiger partial charge in [0.2, 0.25) is 5.95 Å². The Morgan fingerprint density at radius 2 is 2.12 bits per heavy atom. The lowest BCUT2D eigenvalue weighted by atomic mass is 10.1. The Balaban J connectivity index is 1.72. The number of amides is 4. The van der Waals surface area contributed by atoms with Crippen molar-refractivity contribution >= 4 is 30.1 Å². The van der Waals surface area contributed by atoms with Gasteiger partial charge in [0.25, 0.3) is 5.91 Å². The molecule has 10 heteroatoms. The van der Waals surface area contributed by atoms with Gasteiger partial charge >= 0.3 is 12.1 Å². The Morgan fingerprint density at radius 3 is 2.72 bits per heavy atom. The van der Waals surface area contributed by atoms with Crippen molar-refractivity contribution in [3.05, 3.63) is 23.7 Å². The Hall–Kier alpha value is -3.17. The van der Waals surface area contributed by atoms with Crippen LogP contribution >= 0.6 is 0 Å². The number of likely N-dealkylation sites (N-methyl/N-ethyl adjacent to an activating group) is 1. The van der Waals surface area contributed by atoms with E-state index in [-0.39, 0.29) is 11.7 Å². The van der Waals surface area contributed by atoms with Crippen LogP contribution in [0.25, 0.3) is 6.08 Å². The molecule has 132 valence electrons. The smallest absolute Gasteiger partial charge is 0.404 e. The number of rotatable bonds is 3. The average molecular weight is 346 g/mol. The van der Waals surface area contributed by atoms with Crippen LogP contribution in [0.3, 0.4) is 0 Å². The molecule has 3 rings (SSSR count). The van der Waals surface area contributed by atoms with Gasteiger partial charge in [-0.2, -0.15) is 0 Å². The Labute approximate surface area is 143 Å². The second-order valence-electron chi connectivity index (χ2n) is 5.84. The highest BCUT2D eigenvalue weighted by Gasteiger charge is 2.30. The van der Waals surface area contributed by atoms with Gasteiger partial charge in [0.1, 0.15) is 5.70 Å². The standard InChI is InChI=1S/C15H18N6O4/c1-20-11(12(22)19-14(20)23)8-10-2-5-16-13(17-10)21-6-3-9(4-7-21)18-15(24)25/h2,5,8-9,18H,3-4,6-7H2,1H3,(H,24,25)(H,19,22,23)/b11-8-. The summed E-state index contributed by atoms with van der Waals surface area (Å²) in [6.07, 6.45) is 3.44. The van der Waals surface area contributed by atoms with E-state index in [9.17, 15) is 14.4 Å². The maximum Gasteiger partial charge on any atom is 0.404 e. The molecule has 0 atom stereocenters. The molecule has 2 fully saturated rings. The Bertz CT molecular complexity index is 741. The zero-order valence-electron chi connectivity index (χ0n) is 13.6. The van der Waals surface area contributed by atoms with Crippen LogP contribution in [0.5, 0.6) is 0 Å². The Kier molecular flexibility index (Phi) is 4.50. The number of urea groups is 1. The molecule has 10 nitrogen and oxygen atoms in total. The summed E-state index contributed by atoms with van der Waals surface area (Å²) in [7, 11) is 1.51. The van der Waals surface area contributed by atoms with E-state index in [2.05, 4.69) is 20.6 Å². The van der Waals surface area contributed by atoms with Crippen LogP contribution in [0.15, 0.2) is 18.0 Å². The molecule has 0 aliphatic carbocycles. The molecule has 1 aromatic heterocycles. The second-order valence-corrected chi connectivity index (χ2v) is 5.84. The first-order valence-corrected chi connectivity index (χ1v) is 7.82. The first-order chi connectivity index (χ1) is 11.9. The van der Waals surface area contributed by atoms with Gasteiger partial charge in [-0.25, -0.2) is 19.6 Å². The third-order valence-electron chi connectivity index (χ3n) is 4.17. The molecule has 0 saturated carbocycles. The van der Waals surface area contributed by atoms with Crippen molar-refractivity contribution in [1.29, 1.82) is 0 Å². The largest absolute Gasteiger partial charge is 0.465 e. The van der Waals surface area contributed by atoms with Crippen molar-refractivity contribution in [3.8, 4) is 0 Å². The van der Waals surface area contributed by atoms with Gasteiger partial charge in [-0.15, -0.1) is 0 Å². The average Bonchev–Trinajstić information content (AvgIpc) is 2.82. The van der Waals surface area contributed by atoms with E-state index in [1.807, 2.05) is 4.90 Å². The van der Waals surface area contributed by atoms with Crippen LogP contribution in [-0.4, -0.2) is 64.2 Å². The van der Waals surface area contributed by atoms with E-state index in [0.717, 1.165) is 0 Å². The van der Waals surface area contributed by atoms with Crippen LogP contribution in [0.1, 0.15) is 18.5 Å². The molecule has 2 saturated heterocycles. The summed E-state index contributed by atoms with van der Waals surface area (Å²) < 4.78 is 0. The van der Waals surface area contributed by atoms with E-state index < -0.39 is 18.0 Å². The SMILES string of the molecule is CN1C(=O)NC(=O)/C1=C/c1ccnc(N2CCC(NC(=O)O)CC2)n1. The van der Waals surface area contributed by atoms with Crippen LogP contribution < -0.4 is 15.5 Å². The number of aromatic nitrogens is 2. The van der Waals surface area contributed by atoms with Crippen LogP contribution in [0, 0.1) is 0 Å². The molecule has 0 unspecified atom stereocenters. The summed E-state index contributed by atoms with van der Waals surface area (Å²) in [5.41, 5.74) is 0.738. The molecule has 25 heavy (non-hydrogen) atoms. The number of carbonyl (C=O) groups is 3. The molecule has 3 heterocycles. The number of nitrogens with zero attached hydrogens (tertiary/aromatic N) is 4. The summed E-state index contributed by atoms with van der Waals surface area (Å²) in [6.45, 7) is 1.26. The van der Waals surface area contributed by atoms with Crippen molar-refractivity contribution < 1.29 is 19.5 Å². The molecule has 0 radical (unpaired) electrons. The zero-order chi connectivity index (χ0) is 18.0. The third kappa shape index (κ3) is 3.67. The number of nitrogens with one attached hydrogen (secondary N) is 2. The number of piperidine rings is 1. The third-order valence-corrected chi connectivity index (χ3v) is 4.17. The van der Waals surface area contributed by atoms with Crippen molar-refractivity contribution in [2.75, 3.05) is 25.0 Å². The maximum atomic E-state index is 11.8. The van der Waals surface area contributed by atoms with Gasteiger partial charge in [-0.3, -0.25) is 15.0 Å². The molecule has 2 aliphatic rings. The van der Waals surface area contributed by atoms with E-state index in [0.29, 0.717) is 37.6 Å². The minimum absolute atomic E-state index is 0.0686. The molecule has 0 spiro atoms. The van der Waals surface area contributed by atoms with Gasteiger partial charge < -0.3 is 15.3 Å². The summed E-state index contributed by atoms with van der Waals surface area (Å²) >= 11 is 0. The fourth-order valence-corrected chi connectivity index (χ4v) is 2.80. The minimum atomic E-state index is -1.02. The van der Waals surface area contributed by atoms with Crippen LogP contribution in [0.4, 0.5) is 15.5 Å². The molecule has 0 aromatic carbocycles. The van der Waals surface area contributed by atoms with Crippen molar-refractivity contribution in [1.82, 2.24) is 25.5 Å². The van der Waals surface area contributed by atoms with Crippen LogP contribution in [-0.2, 0) is 4.79 Å². The normalized spacial score (nSPS) is 20.1. The summed E-state index contributed by atoms with van der Waals surface area (Å²) in [5, 5.41) is 13.5. The molecule has 0 bridgehead atoms. The highest BCUT2D eigenvalue weighted by Crippen LogP contribution is 2.18. The fraction of sp³-hybridized carbons (Fsp3) is 0.400. The van der Waals surface area contributed by atoms with E-state index in [4.69, 9.17) is 5.11 Å². The van der Waals surface area contributed by atoms with Gasteiger partial charge in [0.05, 0.1) is 5.69 Å². The van der Waals surface area contributed by atoms with Crippen molar-refractivity contribution in [2.45, 2.75) is 18.9 Å². The molecule has 3 N–H and O–H groups in total. The summed E-state index contributed by atoms with van der Waals surface area (Å²) in [4.78, 5) is 45.8. The zero-order valence-corrected chi connectivity index (χ0v) is 13.6. The number of hydrogen-bond donors (Lipinski definition) is 3. The number of anilines is 1. The first-order valence-electron chi connectivity index (χ1n) is 7.82. The van der Waals surface area contributed by atoms with Gasteiger partial charge in [0.15, 0.2) is 0 Å². The minimum Gasteiger partial charge on any atom is -0.465 e. The lowest BCUT2D eigenvalue weighted by Crippen LogP contribution is -2.44.